The van der Waals surface area contributed by atoms with Gasteiger partial charge in [0.25, 0.3) is 0 Å². The molecule has 0 bridgehead atoms. The van der Waals surface area contributed by atoms with E-state index in [1.54, 1.807) is 0 Å². The second-order valence-electron chi connectivity index (χ2n) is 3.44. The van der Waals surface area contributed by atoms with Crippen molar-refractivity contribution in [2.75, 3.05) is 12.8 Å². The van der Waals surface area contributed by atoms with Crippen molar-refractivity contribution in [2.45, 2.75) is 27.7 Å². The predicted octanol–water partition coefficient (Wildman–Crippen LogP) is 2.41. The molecule has 96 valence electrons. The Morgan fingerprint density at radius 1 is 1.18 bits per heavy atom. The molecule has 0 radical (unpaired) electrons. The zero-order valence-electron chi connectivity index (χ0n) is 11.6. The topological polar surface area (TPSA) is 64.1 Å². The average molecular weight is 237 g/mol. The van der Waals surface area contributed by atoms with E-state index in [-0.39, 0.29) is 0 Å². The SMILES string of the molecule is CC.CO.Cc1nn(C)c2c(C)cc(N)cc12. The molecule has 4 nitrogen and oxygen atoms in total. The van der Waals surface area contributed by atoms with Crippen LogP contribution < -0.4 is 5.73 Å². The van der Waals surface area contributed by atoms with Gasteiger partial charge in [-0.3, -0.25) is 4.68 Å². The van der Waals surface area contributed by atoms with Crippen LogP contribution in [0.3, 0.4) is 0 Å². The van der Waals surface area contributed by atoms with Crippen LogP contribution in [0.2, 0.25) is 0 Å². The maximum Gasteiger partial charge on any atom is 0.0712 e. The highest BCUT2D eigenvalue weighted by atomic mass is 16.2. The molecule has 17 heavy (non-hydrogen) atoms. The van der Waals surface area contributed by atoms with Gasteiger partial charge >= 0.3 is 0 Å². The zero-order chi connectivity index (χ0) is 13.6. The van der Waals surface area contributed by atoms with Crippen molar-refractivity contribution >= 4 is 16.6 Å². The van der Waals surface area contributed by atoms with Crippen LogP contribution in [0.4, 0.5) is 5.69 Å². The number of benzene rings is 1. The second kappa shape index (κ2) is 6.91. The molecule has 1 heterocycles. The Labute approximate surface area is 103 Å². The average Bonchev–Trinajstić information content (AvgIpc) is 2.60. The number of fused-ring (bicyclic) bond motifs is 1. The van der Waals surface area contributed by atoms with Gasteiger partial charge in [-0.2, -0.15) is 5.10 Å². The number of aryl methyl sites for hydroxylation is 3. The lowest BCUT2D eigenvalue weighted by atomic mass is 10.1. The van der Waals surface area contributed by atoms with Gasteiger partial charge in [-0.05, 0) is 31.5 Å². The monoisotopic (exact) mass is 237 g/mol. The van der Waals surface area contributed by atoms with Crippen molar-refractivity contribution in [3.05, 3.63) is 23.4 Å². The summed E-state index contributed by atoms with van der Waals surface area (Å²) in [7, 11) is 2.96. The van der Waals surface area contributed by atoms with Gasteiger partial charge in [0.05, 0.1) is 11.2 Å². The third-order valence-electron chi connectivity index (χ3n) is 2.34. The van der Waals surface area contributed by atoms with Gasteiger partial charge in [0.1, 0.15) is 0 Å². The molecule has 1 aromatic heterocycles. The van der Waals surface area contributed by atoms with E-state index in [1.807, 2.05) is 44.6 Å². The van der Waals surface area contributed by atoms with Crippen molar-refractivity contribution in [2.24, 2.45) is 7.05 Å². The summed E-state index contributed by atoms with van der Waals surface area (Å²) in [6, 6.07) is 3.95. The van der Waals surface area contributed by atoms with Crippen LogP contribution in [-0.4, -0.2) is 22.0 Å². The van der Waals surface area contributed by atoms with Gasteiger partial charge in [0.15, 0.2) is 0 Å². The smallest absolute Gasteiger partial charge is 0.0712 e. The van der Waals surface area contributed by atoms with E-state index in [0.717, 1.165) is 23.9 Å². The van der Waals surface area contributed by atoms with Crippen LogP contribution in [0.15, 0.2) is 12.1 Å². The van der Waals surface area contributed by atoms with E-state index in [2.05, 4.69) is 12.0 Å². The van der Waals surface area contributed by atoms with Crippen molar-refractivity contribution in [3.8, 4) is 0 Å². The summed E-state index contributed by atoms with van der Waals surface area (Å²) < 4.78 is 1.90. The summed E-state index contributed by atoms with van der Waals surface area (Å²) >= 11 is 0. The minimum atomic E-state index is 0.807. The van der Waals surface area contributed by atoms with Crippen LogP contribution in [-0.2, 0) is 7.05 Å². The lowest BCUT2D eigenvalue weighted by Gasteiger charge is -2.00. The summed E-state index contributed by atoms with van der Waals surface area (Å²) in [5.41, 5.74) is 9.96. The molecule has 0 amide bonds. The first-order valence-corrected chi connectivity index (χ1v) is 5.74. The molecule has 2 rings (SSSR count). The maximum atomic E-state index is 7.00. The third-order valence-corrected chi connectivity index (χ3v) is 2.34. The lowest BCUT2D eigenvalue weighted by Crippen LogP contribution is -1.92. The molecule has 0 fully saturated rings. The molecule has 0 spiro atoms. The van der Waals surface area contributed by atoms with Gasteiger partial charge in [-0.25, -0.2) is 0 Å². The zero-order valence-corrected chi connectivity index (χ0v) is 11.6. The fourth-order valence-corrected chi connectivity index (χ4v) is 1.84. The van der Waals surface area contributed by atoms with Crippen LogP contribution in [0.5, 0.6) is 0 Å². The Morgan fingerprint density at radius 3 is 2.24 bits per heavy atom. The number of aromatic nitrogens is 2. The first-order chi connectivity index (χ1) is 8.09. The maximum absolute atomic E-state index is 7.00. The van der Waals surface area contributed by atoms with E-state index in [0.29, 0.717) is 0 Å². The highest BCUT2D eigenvalue weighted by Crippen LogP contribution is 2.23. The van der Waals surface area contributed by atoms with Crippen molar-refractivity contribution in [3.63, 3.8) is 0 Å². The quantitative estimate of drug-likeness (QED) is 0.692. The number of hydrogen-bond acceptors (Lipinski definition) is 3. The molecule has 0 aliphatic carbocycles. The molecule has 1 aromatic carbocycles. The molecule has 0 unspecified atom stereocenters. The molecule has 3 N–H and O–H groups in total. The fourth-order valence-electron chi connectivity index (χ4n) is 1.84. The van der Waals surface area contributed by atoms with Crippen LogP contribution in [0.1, 0.15) is 25.1 Å². The van der Waals surface area contributed by atoms with E-state index in [4.69, 9.17) is 10.8 Å². The summed E-state index contributed by atoms with van der Waals surface area (Å²) in [6.07, 6.45) is 0. The number of nitrogen functional groups attached to an aromatic ring is 1. The Balaban J connectivity index is 0.000000581. The third kappa shape index (κ3) is 3.20. The molecule has 2 aromatic rings. The molecule has 4 heteroatoms. The summed E-state index contributed by atoms with van der Waals surface area (Å²) in [4.78, 5) is 0. The first kappa shape index (κ1) is 15.4. The molecular weight excluding hydrogens is 214 g/mol. The van der Waals surface area contributed by atoms with Gasteiger partial charge in [-0.15, -0.1) is 0 Å². The number of rotatable bonds is 0. The molecule has 0 aliphatic heterocycles. The number of nitrogens with two attached hydrogens (primary N) is 1. The van der Waals surface area contributed by atoms with E-state index < -0.39 is 0 Å². The largest absolute Gasteiger partial charge is 0.400 e. The standard InChI is InChI=1S/C10H13N3.C2H6.CH4O/c1-6-4-8(11)5-9-7(2)12-13(3)10(6)9;2*1-2/h4-5H,11H2,1-3H3;1-2H3;2H,1H3. The number of anilines is 1. The molecule has 0 saturated heterocycles. The number of nitrogens with zero attached hydrogens (tertiary/aromatic N) is 2. The van der Waals surface area contributed by atoms with Gasteiger partial charge in [-0.1, -0.05) is 13.8 Å². The Bertz CT molecular complexity index is 475. The minimum absolute atomic E-state index is 0.807. The molecule has 0 saturated carbocycles. The van der Waals surface area contributed by atoms with E-state index in [9.17, 15) is 0 Å². The van der Waals surface area contributed by atoms with Gasteiger partial charge in [0.2, 0.25) is 0 Å². The fraction of sp³-hybridized carbons (Fsp3) is 0.462. The van der Waals surface area contributed by atoms with Crippen molar-refractivity contribution in [1.82, 2.24) is 9.78 Å². The Morgan fingerprint density at radius 2 is 1.71 bits per heavy atom. The van der Waals surface area contributed by atoms with Gasteiger partial charge < -0.3 is 10.8 Å². The normalized spacial score (nSPS) is 9.12. The molecule has 0 atom stereocenters. The van der Waals surface area contributed by atoms with E-state index >= 15 is 0 Å². The van der Waals surface area contributed by atoms with Gasteiger partial charge in [0, 0.05) is 25.2 Å². The Kier molecular flexibility index (Phi) is 6.28. The minimum Gasteiger partial charge on any atom is -0.400 e. The van der Waals surface area contributed by atoms with Crippen molar-refractivity contribution < 1.29 is 5.11 Å². The lowest BCUT2D eigenvalue weighted by molar-refractivity contribution is 0.399. The predicted molar refractivity (Wildman–Crippen MR) is 74.1 cm³/mol. The van der Waals surface area contributed by atoms with Crippen LogP contribution in [0, 0.1) is 13.8 Å². The molecule has 0 aliphatic rings. The number of aliphatic hydroxyl groups is 1. The Hall–Kier alpha value is -1.55. The summed E-state index contributed by atoms with van der Waals surface area (Å²) in [5, 5.41) is 12.5. The molecular formula is C13H23N3O. The highest BCUT2D eigenvalue weighted by Gasteiger charge is 2.07. The van der Waals surface area contributed by atoms with Crippen molar-refractivity contribution in [1.29, 1.82) is 0 Å². The summed E-state index contributed by atoms with van der Waals surface area (Å²) in [6.45, 7) is 8.06. The first-order valence-electron chi connectivity index (χ1n) is 5.74. The van der Waals surface area contributed by atoms with Crippen LogP contribution >= 0.6 is 0 Å². The number of aliphatic hydroxyl groups excluding tert-OH is 1. The highest BCUT2D eigenvalue weighted by molar-refractivity contribution is 5.87. The number of hydrogen-bond donors (Lipinski definition) is 2. The second-order valence-corrected chi connectivity index (χ2v) is 3.44. The van der Waals surface area contributed by atoms with E-state index in [1.165, 1.54) is 11.1 Å². The van der Waals surface area contributed by atoms with Crippen LogP contribution in [0.25, 0.3) is 10.9 Å². The summed E-state index contributed by atoms with van der Waals surface area (Å²) in [5.74, 6) is 0.